The molecule has 0 atom stereocenters. The maximum atomic E-state index is 10.5. The SMILES string of the molecule is FC#CN(F)F. The Morgan fingerprint density at radius 3 is 1.83 bits per heavy atom. The fourth-order valence-electron chi connectivity index (χ4n) is 0.0319. The van der Waals surface area contributed by atoms with Crippen LogP contribution in [0.3, 0.4) is 0 Å². The molecule has 0 bridgehead atoms. The van der Waals surface area contributed by atoms with Gasteiger partial charge in [0.15, 0.2) is 0 Å². The Labute approximate surface area is 32.2 Å². The van der Waals surface area contributed by atoms with Gasteiger partial charge in [0.1, 0.15) is 12.2 Å². The molecule has 0 saturated heterocycles. The Balaban J connectivity index is 3.20. The summed E-state index contributed by atoms with van der Waals surface area (Å²) in [6.45, 7) is 0. The molecule has 0 aliphatic carbocycles. The molecule has 0 N–H and O–H groups in total. The van der Waals surface area contributed by atoms with Crippen LogP contribution in [0, 0.1) is 12.2 Å². The van der Waals surface area contributed by atoms with Gasteiger partial charge in [-0.2, -0.15) is 0 Å². The number of rotatable bonds is 0. The second-order valence-electron chi connectivity index (χ2n) is 0.439. The van der Waals surface area contributed by atoms with Gasteiger partial charge in [-0.15, -0.1) is 4.39 Å². The summed E-state index contributed by atoms with van der Waals surface area (Å²) >= 11 is 0. The van der Waals surface area contributed by atoms with Crippen molar-refractivity contribution in [3.8, 4) is 12.2 Å². The molecule has 0 rings (SSSR count). The fraction of sp³-hybridized carbons (Fsp3) is 0. The molecule has 0 unspecified atom stereocenters. The average Bonchev–Trinajstić information content (AvgIpc) is 1.35. The van der Waals surface area contributed by atoms with E-state index in [0.29, 0.717) is 6.17 Å². The summed E-state index contributed by atoms with van der Waals surface area (Å²) in [5, 5.41) is -1.56. The first-order chi connectivity index (χ1) is 2.77. The minimum atomic E-state index is -1.56. The second-order valence-corrected chi connectivity index (χ2v) is 0.439. The molecule has 4 heteroatoms. The molecular formula is C2F3N. The zero-order chi connectivity index (χ0) is 4.99. The number of nitrogens with zero attached hydrogens (tertiary/aromatic N) is 1. The Hall–Kier alpha value is -0.850. The van der Waals surface area contributed by atoms with Gasteiger partial charge in [-0.1, -0.05) is 8.96 Å². The smallest absolute Gasteiger partial charge is 0.134 e. The van der Waals surface area contributed by atoms with Crippen LogP contribution in [0.2, 0.25) is 0 Å². The number of halogens is 3. The third-order valence-corrected chi connectivity index (χ3v) is 0.127. The van der Waals surface area contributed by atoms with Crippen LogP contribution in [0.4, 0.5) is 13.4 Å². The Bertz CT molecular complexity index is 78.5. The predicted octanol–water partition coefficient (Wildman–Crippen LogP) is 0.945. The molecule has 0 aliphatic rings. The van der Waals surface area contributed by atoms with Crippen molar-refractivity contribution >= 4 is 0 Å². The van der Waals surface area contributed by atoms with Gasteiger partial charge in [0.05, 0.1) is 0 Å². The normalized spacial score (nSPS) is 5.83. The maximum Gasteiger partial charge on any atom is 0.134 e. The van der Waals surface area contributed by atoms with E-state index in [9.17, 15) is 13.4 Å². The van der Waals surface area contributed by atoms with Crippen LogP contribution in [0.5, 0.6) is 0 Å². The van der Waals surface area contributed by atoms with E-state index in [4.69, 9.17) is 0 Å². The summed E-state index contributed by atoms with van der Waals surface area (Å²) in [5.41, 5.74) is 0. The molecule has 0 aromatic carbocycles. The lowest BCUT2D eigenvalue weighted by molar-refractivity contribution is -0.0886. The second kappa shape index (κ2) is 2.39. The summed E-state index contributed by atoms with van der Waals surface area (Å²) in [6, 6.07) is 0.792. The quantitative estimate of drug-likeness (QED) is 0.246. The molecule has 0 aromatic heterocycles. The molecule has 0 spiro atoms. The Morgan fingerprint density at radius 2 is 1.83 bits per heavy atom. The highest BCUT2D eigenvalue weighted by atomic mass is 19.4. The van der Waals surface area contributed by atoms with Crippen LogP contribution < -0.4 is 0 Å². The van der Waals surface area contributed by atoms with Gasteiger partial charge >= 0.3 is 0 Å². The standard InChI is InChI=1S/C2F3N/c3-1-2-6(4)5. The Kier molecular flexibility index (Phi) is 2.05. The van der Waals surface area contributed by atoms with E-state index in [1.807, 2.05) is 0 Å². The summed E-state index contributed by atoms with van der Waals surface area (Å²) < 4.78 is 31.3. The van der Waals surface area contributed by atoms with Crippen LogP contribution in [-0.4, -0.2) is 5.34 Å². The molecule has 0 saturated carbocycles. The van der Waals surface area contributed by atoms with E-state index in [1.165, 1.54) is 0 Å². The fourth-order valence-corrected chi connectivity index (χ4v) is 0.0319. The van der Waals surface area contributed by atoms with Gasteiger partial charge in [0.25, 0.3) is 0 Å². The van der Waals surface area contributed by atoms with E-state index in [-0.39, 0.29) is 0 Å². The molecule has 0 heterocycles. The highest BCUT2D eigenvalue weighted by Crippen LogP contribution is 1.80. The predicted molar refractivity (Wildman–Crippen MR) is 12.9 cm³/mol. The molecule has 0 aliphatic heterocycles. The number of hydrogen-bond donors (Lipinski definition) is 0. The van der Waals surface area contributed by atoms with E-state index in [2.05, 4.69) is 0 Å². The van der Waals surface area contributed by atoms with Crippen LogP contribution in [-0.2, 0) is 0 Å². The van der Waals surface area contributed by atoms with Crippen LogP contribution in [0.15, 0.2) is 0 Å². The average molecular weight is 95.0 g/mol. The molecular weight excluding hydrogens is 95.0 g/mol. The lowest BCUT2D eigenvalue weighted by atomic mass is 11.2. The van der Waals surface area contributed by atoms with Crippen molar-refractivity contribution in [1.82, 2.24) is 5.34 Å². The van der Waals surface area contributed by atoms with Crippen LogP contribution in [0.1, 0.15) is 0 Å². The first kappa shape index (κ1) is 5.15. The van der Waals surface area contributed by atoms with Crippen molar-refractivity contribution in [1.29, 1.82) is 0 Å². The third-order valence-electron chi connectivity index (χ3n) is 0.127. The Morgan fingerprint density at radius 1 is 1.33 bits per heavy atom. The van der Waals surface area contributed by atoms with E-state index in [0.717, 1.165) is 6.04 Å². The van der Waals surface area contributed by atoms with Crippen LogP contribution >= 0.6 is 0 Å². The van der Waals surface area contributed by atoms with Crippen molar-refractivity contribution in [2.24, 2.45) is 0 Å². The van der Waals surface area contributed by atoms with Gasteiger partial charge in [-0.25, -0.2) is 0 Å². The summed E-state index contributed by atoms with van der Waals surface area (Å²) in [4.78, 5) is 0. The zero-order valence-electron chi connectivity index (χ0n) is 2.58. The molecule has 0 aromatic rings. The molecule has 34 valence electrons. The highest BCUT2D eigenvalue weighted by molar-refractivity contribution is 4.81. The van der Waals surface area contributed by atoms with E-state index in [1.54, 1.807) is 0 Å². The summed E-state index contributed by atoms with van der Waals surface area (Å²) in [7, 11) is 0. The topological polar surface area (TPSA) is 3.24 Å². The summed E-state index contributed by atoms with van der Waals surface area (Å²) in [5.74, 6) is 0. The van der Waals surface area contributed by atoms with Gasteiger partial charge in [0.2, 0.25) is 0 Å². The van der Waals surface area contributed by atoms with Crippen molar-refractivity contribution in [2.75, 3.05) is 0 Å². The van der Waals surface area contributed by atoms with Gasteiger partial charge in [-0.3, -0.25) is 0 Å². The zero-order valence-corrected chi connectivity index (χ0v) is 2.58. The molecule has 0 radical (unpaired) electrons. The molecule has 1 nitrogen and oxygen atoms in total. The van der Waals surface area contributed by atoms with Crippen molar-refractivity contribution in [3.05, 3.63) is 0 Å². The van der Waals surface area contributed by atoms with Crippen molar-refractivity contribution in [2.45, 2.75) is 0 Å². The van der Waals surface area contributed by atoms with Gasteiger partial charge in [0, 0.05) is 5.34 Å². The first-order valence-electron chi connectivity index (χ1n) is 1.00. The minimum Gasteiger partial charge on any atom is -0.142 e. The van der Waals surface area contributed by atoms with E-state index >= 15 is 0 Å². The highest BCUT2D eigenvalue weighted by Gasteiger charge is 1.80. The lowest BCUT2D eigenvalue weighted by Crippen LogP contribution is -1.83. The maximum absolute atomic E-state index is 10.5. The first-order valence-corrected chi connectivity index (χ1v) is 1.00. The van der Waals surface area contributed by atoms with Gasteiger partial charge in [-0.05, 0) is 0 Å². The van der Waals surface area contributed by atoms with Crippen molar-refractivity contribution < 1.29 is 13.4 Å². The van der Waals surface area contributed by atoms with Gasteiger partial charge < -0.3 is 0 Å². The monoisotopic (exact) mass is 95.0 g/mol. The number of hydrogen-bond acceptors (Lipinski definition) is 1. The molecule has 0 amide bonds. The van der Waals surface area contributed by atoms with Crippen molar-refractivity contribution in [3.63, 3.8) is 0 Å². The third kappa shape index (κ3) is 3.15. The molecule has 6 heavy (non-hydrogen) atoms. The van der Waals surface area contributed by atoms with E-state index < -0.39 is 5.34 Å². The molecule has 0 fully saturated rings. The minimum absolute atomic E-state index is 0.493. The summed E-state index contributed by atoms with van der Waals surface area (Å²) in [6.07, 6.45) is 0.493. The lowest BCUT2D eigenvalue weighted by Gasteiger charge is -1.77. The largest absolute Gasteiger partial charge is 0.142 e. The van der Waals surface area contributed by atoms with Crippen LogP contribution in [0.25, 0.3) is 0 Å².